The van der Waals surface area contributed by atoms with Gasteiger partial charge in [0, 0.05) is 35.8 Å². The minimum absolute atomic E-state index is 0.174. The highest BCUT2D eigenvalue weighted by Gasteiger charge is 2.33. The van der Waals surface area contributed by atoms with E-state index in [1.54, 1.807) is 12.1 Å². The highest BCUT2D eigenvalue weighted by atomic mass is 16.1. The van der Waals surface area contributed by atoms with Crippen LogP contribution in [-0.2, 0) is 6.42 Å². The maximum absolute atomic E-state index is 12.1. The van der Waals surface area contributed by atoms with Crippen molar-refractivity contribution in [1.82, 2.24) is 15.3 Å². The molecule has 2 N–H and O–H groups in total. The van der Waals surface area contributed by atoms with E-state index in [0.717, 1.165) is 18.5 Å². The van der Waals surface area contributed by atoms with E-state index in [2.05, 4.69) is 20.6 Å². The lowest BCUT2D eigenvalue weighted by atomic mass is 10.0. The van der Waals surface area contributed by atoms with Gasteiger partial charge in [0.1, 0.15) is 0 Å². The monoisotopic (exact) mass is 280 g/mol. The molecular formula is C16H16N4O. The zero-order valence-corrected chi connectivity index (χ0v) is 11.5. The number of benzene rings is 1. The van der Waals surface area contributed by atoms with Crippen LogP contribution >= 0.6 is 0 Å². The molecule has 2 aliphatic heterocycles. The van der Waals surface area contributed by atoms with Crippen LogP contribution in [0.1, 0.15) is 40.5 Å². The number of carbonyl (C=O) groups excluding carboxylic acids is 1. The molecule has 2 bridgehead atoms. The van der Waals surface area contributed by atoms with Gasteiger partial charge in [-0.05, 0) is 25.0 Å². The molecular weight excluding hydrogens is 264 g/mol. The van der Waals surface area contributed by atoms with Crippen LogP contribution in [-0.4, -0.2) is 21.9 Å². The maximum atomic E-state index is 12.1. The van der Waals surface area contributed by atoms with Crippen molar-refractivity contribution in [3.8, 4) is 0 Å². The predicted molar refractivity (Wildman–Crippen MR) is 79.0 cm³/mol. The number of nitrogens with zero attached hydrogens (tertiary/aromatic N) is 2. The normalized spacial score (nSPS) is 22.7. The van der Waals surface area contributed by atoms with E-state index >= 15 is 0 Å². The molecule has 1 aromatic heterocycles. The van der Waals surface area contributed by atoms with Crippen molar-refractivity contribution in [2.45, 2.75) is 31.3 Å². The molecule has 21 heavy (non-hydrogen) atoms. The summed E-state index contributed by atoms with van der Waals surface area (Å²) < 4.78 is 0. The standard InChI is InChI=1S/C16H16N4O/c21-15(10-4-2-1-3-5-10)20-16-17-9-12-13-7-6-11(18-13)8-14(12)19-16/h1-5,9,11,13,18H,6-8H2,(H,17,19,20,21). The predicted octanol–water partition coefficient (Wildman–Crippen LogP) is 2.08. The largest absolute Gasteiger partial charge is 0.307 e. The van der Waals surface area contributed by atoms with Crippen LogP contribution in [0, 0.1) is 0 Å². The highest BCUT2D eigenvalue weighted by molar-refractivity contribution is 6.03. The van der Waals surface area contributed by atoms with Crippen molar-refractivity contribution in [2.75, 3.05) is 5.32 Å². The van der Waals surface area contributed by atoms with Gasteiger partial charge in [-0.3, -0.25) is 10.1 Å². The van der Waals surface area contributed by atoms with Gasteiger partial charge in [0.05, 0.1) is 5.69 Å². The zero-order chi connectivity index (χ0) is 14.2. The first kappa shape index (κ1) is 12.5. The summed E-state index contributed by atoms with van der Waals surface area (Å²) in [6, 6.07) is 10.0. The Morgan fingerprint density at radius 2 is 2.10 bits per heavy atom. The third-order valence-electron chi connectivity index (χ3n) is 4.22. The second-order valence-electron chi connectivity index (χ2n) is 5.61. The number of fused-ring (bicyclic) bond motifs is 4. The third-order valence-corrected chi connectivity index (χ3v) is 4.22. The molecule has 1 amide bonds. The van der Waals surface area contributed by atoms with Gasteiger partial charge in [0.25, 0.3) is 5.91 Å². The van der Waals surface area contributed by atoms with Gasteiger partial charge in [0.15, 0.2) is 0 Å². The quantitative estimate of drug-likeness (QED) is 0.884. The van der Waals surface area contributed by atoms with Crippen molar-refractivity contribution in [1.29, 1.82) is 0 Å². The fourth-order valence-corrected chi connectivity index (χ4v) is 3.16. The fourth-order valence-electron chi connectivity index (χ4n) is 3.16. The minimum Gasteiger partial charge on any atom is -0.307 e. The van der Waals surface area contributed by atoms with Gasteiger partial charge in [-0.25, -0.2) is 9.97 Å². The summed E-state index contributed by atoms with van der Waals surface area (Å²) in [5.74, 6) is 0.219. The molecule has 5 nitrogen and oxygen atoms in total. The van der Waals surface area contributed by atoms with Gasteiger partial charge in [-0.15, -0.1) is 0 Å². The average Bonchev–Trinajstić information content (AvgIpc) is 2.90. The molecule has 0 saturated carbocycles. The lowest BCUT2D eigenvalue weighted by Crippen LogP contribution is -2.33. The summed E-state index contributed by atoms with van der Waals surface area (Å²) in [4.78, 5) is 20.9. The van der Waals surface area contributed by atoms with Gasteiger partial charge in [-0.1, -0.05) is 18.2 Å². The Morgan fingerprint density at radius 1 is 1.24 bits per heavy atom. The molecule has 0 aliphatic carbocycles. The first-order valence-corrected chi connectivity index (χ1v) is 7.28. The van der Waals surface area contributed by atoms with E-state index in [1.165, 1.54) is 12.0 Å². The zero-order valence-electron chi connectivity index (χ0n) is 11.5. The maximum Gasteiger partial charge on any atom is 0.258 e. The van der Waals surface area contributed by atoms with E-state index in [4.69, 9.17) is 0 Å². The van der Waals surface area contributed by atoms with Crippen LogP contribution in [0.15, 0.2) is 36.5 Å². The van der Waals surface area contributed by atoms with Crippen molar-refractivity contribution >= 4 is 11.9 Å². The number of amides is 1. The molecule has 1 fully saturated rings. The second kappa shape index (κ2) is 4.93. The Bertz CT molecular complexity index is 686. The summed E-state index contributed by atoms with van der Waals surface area (Å²) in [6.45, 7) is 0. The molecule has 3 heterocycles. The third kappa shape index (κ3) is 2.29. The van der Waals surface area contributed by atoms with E-state index in [0.29, 0.717) is 23.6 Å². The number of hydrogen-bond acceptors (Lipinski definition) is 4. The molecule has 2 unspecified atom stereocenters. The lowest BCUT2D eigenvalue weighted by molar-refractivity contribution is 0.102. The van der Waals surface area contributed by atoms with E-state index in [1.807, 2.05) is 24.4 Å². The molecule has 1 aromatic carbocycles. The molecule has 2 aromatic rings. The molecule has 0 spiro atoms. The van der Waals surface area contributed by atoms with Crippen molar-refractivity contribution in [3.63, 3.8) is 0 Å². The number of rotatable bonds is 2. The van der Waals surface area contributed by atoms with Gasteiger partial charge in [0.2, 0.25) is 5.95 Å². The molecule has 2 atom stereocenters. The van der Waals surface area contributed by atoms with Crippen molar-refractivity contribution < 1.29 is 4.79 Å². The summed E-state index contributed by atoms with van der Waals surface area (Å²) in [5.41, 5.74) is 2.86. The van der Waals surface area contributed by atoms with Gasteiger partial charge < -0.3 is 5.32 Å². The van der Waals surface area contributed by atoms with Gasteiger partial charge in [-0.2, -0.15) is 0 Å². The number of carbonyl (C=O) groups is 1. The molecule has 0 radical (unpaired) electrons. The smallest absolute Gasteiger partial charge is 0.258 e. The van der Waals surface area contributed by atoms with Crippen LogP contribution in [0.3, 0.4) is 0 Å². The Kier molecular flexibility index (Phi) is 2.93. The Balaban J connectivity index is 1.57. The molecule has 1 saturated heterocycles. The van der Waals surface area contributed by atoms with Crippen LogP contribution in [0.25, 0.3) is 0 Å². The SMILES string of the molecule is O=C(Nc1ncc2c(n1)CC1CCC2N1)c1ccccc1. The number of nitrogens with one attached hydrogen (secondary N) is 2. The van der Waals surface area contributed by atoms with E-state index in [-0.39, 0.29) is 5.91 Å². The molecule has 4 rings (SSSR count). The lowest BCUT2D eigenvalue weighted by Gasteiger charge is -2.23. The van der Waals surface area contributed by atoms with E-state index in [9.17, 15) is 4.79 Å². The van der Waals surface area contributed by atoms with Crippen molar-refractivity contribution in [3.05, 3.63) is 53.3 Å². The average molecular weight is 280 g/mol. The first-order chi connectivity index (χ1) is 10.3. The fraction of sp³-hybridized carbons (Fsp3) is 0.312. The minimum atomic E-state index is -0.174. The van der Waals surface area contributed by atoms with Crippen LogP contribution < -0.4 is 10.6 Å². The van der Waals surface area contributed by atoms with E-state index < -0.39 is 0 Å². The van der Waals surface area contributed by atoms with Crippen LogP contribution in [0.2, 0.25) is 0 Å². The first-order valence-electron chi connectivity index (χ1n) is 7.28. The summed E-state index contributed by atoms with van der Waals surface area (Å²) in [6.07, 6.45) is 5.11. The summed E-state index contributed by atoms with van der Waals surface area (Å²) in [5, 5.41) is 6.34. The van der Waals surface area contributed by atoms with Crippen LogP contribution in [0.4, 0.5) is 5.95 Å². The Hall–Kier alpha value is -2.27. The molecule has 106 valence electrons. The van der Waals surface area contributed by atoms with Gasteiger partial charge >= 0.3 is 0 Å². The number of anilines is 1. The number of hydrogen-bond donors (Lipinski definition) is 2. The van der Waals surface area contributed by atoms with Crippen LogP contribution in [0.5, 0.6) is 0 Å². The topological polar surface area (TPSA) is 66.9 Å². The summed E-state index contributed by atoms with van der Waals surface area (Å²) in [7, 11) is 0. The Labute approximate surface area is 122 Å². The molecule has 2 aliphatic rings. The summed E-state index contributed by atoms with van der Waals surface area (Å²) >= 11 is 0. The van der Waals surface area contributed by atoms with Crippen molar-refractivity contribution in [2.24, 2.45) is 0 Å². The molecule has 5 heteroatoms. The second-order valence-corrected chi connectivity index (χ2v) is 5.61. The highest BCUT2D eigenvalue weighted by Crippen LogP contribution is 2.34. The number of aromatic nitrogens is 2. The Morgan fingerprint density at radius 3 is 2.95 bits per heavy atom.